The number of fused-ring (bicyclic) bond motifs is 2. The summed E-state index contributed by atoms with van der Waals surface area (Å²) in [5.74, 6) is 0.0652. The van der Waals surface area contributed by atoms with Gasteiger partial charge in [0.25, 0.3) is 0 Å². The van der Waals surface area contributed by atoms with Crippen molar-refractivity contribution in [3.63, 3.8) is 0 Å². The van der Waals surface area contributed by atoms with Crippen LogP contribution in [0, 0.1) is 0 Å². The van der Waals surface area contributed by atoms with E-state index in [2.05, 4.69) is 57.5 Å². The normalized spacial score (nSPS) is 19.8. The lowest BCUT2D eigenvalue weighted by Crippen LogP contribution is -2.44. The first-order valence-corrected chi connectivity index (χ1v) is 9.48. The quantitative estimate of drug-likeness (QED) is 0.666. The summed E-state index contributed by atoms with van der Waals surface area (Å²) >= 11 is 3.44. The average molecular weight is 398 g/mol. The number of nitrogens with one attached hydrogen (secondary N) is 1. The van der Waals surface area contributed by atoms with Crippen LogP contribution in [0.4, 0.5) is 0 Å². The third-order valence-corrected chi connectivity index (χ3v) is 5.30. The zero-order valence-corrected chi connectivity index (χ0v) is 15.7. The van der Waals surface area contributed by atoms with Crippen LogP contribution in [-0.4, -0.2) is 21.4 Å². The first kappa shape index (κ1) is 16.5. The Morgan fingerprint density at radius 1 is 1.32 bits per heavy atom. The smallest absolute Gasteiger partial charge is 0.200 e. The summed E-state index contributed by atoms with van der Waals surface area (Å²) in [5.41, 5.74) is 4.04. The second-order valence-corrected chi connectivity index (χ2v) is 7.49. The molecule has 0 radical (unpaired) electrons. The molecule has 5 heteroatoms. The van der Waals surface area contributed by atoms with Crippen LogP contribution in [-0.2, 0) is 6.42 Å². The first-order chi connectivity index (χ1) is 12.2. The molecule has 128 valence electrons. The van der Waals surface area contributed by atoms with Crippen LogP contribution in [0.15, 0.2) is 53.1 Å². The molecule has 3 aromatic rings. The number of ketones is 1. The average Bonchev–Trinajstić information content (AvgIpc) is 3.04. The largest absolute Gasteiger partial charge is 0.300 e. The van der Waals surface area contributed by atoms with Gasteiger partial charge in [-0.2, -0.15) is 5.10 Å². The van der Waals surface area contributed by atoms with Crippen LogP contribution in [0.3, 0.4) is 0 Å². The molecule has 0 aliphatic carbocycles. The maximum atomic E-state index is 13.1. The van der Waals surface area contributed by atoms with E-state index < -0.39 is 0 Å². The van der Waals surface area contributed by atoms with Crippen LogP contribution in [0.2, 0.25) is 0 Å². The van der Waals surface area contributed by atoms with Gasteiger partial charge in [-0.25, -0.2) is 4.52 Å². The maximum Gasteiger partial charge on any atom is 0.200 e. The Hall–Kier alpha value is -1.98. The lowest BCUT2D eigenvalue weighted by atomic mass is 9.86. The van der Waals surface area contributed by atoms with E-state index in [0.29, 0.717) is 12.1 Å². The molecule has 0 saturated heterocycles. The molecule has 1 aromatic carbocycles. The van der Waals surface area contributed by atoms with Gasteiger partial charge in [0, 0.05) is 16.7 Å². The molecule has 0 spiro atoms. The van der Waals surface area contributed by atoms with Crippen molar-refractivity contribution in [3.05, 3.63) is 70.0 Å². The van der Waals surface area contributed by atoms with E-state index >= 15 is 0 Å². The number of Topliss-reactive ketones (excluding diaryl/α,β-unsaturated/α-hetero) is 1. The van der Waals surface area contributed by atoms with Gasteiger partial charge in [-0.3, -0.25) is 10.1 Å². The summed E-state index contributed by atoms with van der Waals surface area (Å²) in [6, 6.07) is 14.2. The molecular weight excluding hydrogens is 378 g/mol. The molecule has 2 atom stereocenters. The van der Waals surface area contributed by atoms with Gasteiger partial charge in [0.2, 0.25) is 0 Å². The molecule has 4 nitrogen and oxygen atoms in total. The molecule has 2 unspecified atom stereocenters. The van der Waals surface area contributed by atoms with Crippen molar-refractivity contribution in [2.75, 3.05) is 0 Å². The van der Waals surface area contributed by atoms with E-state index in [1.807, 2.05) is 24.4 Å². The third-order valence-electron chi connectivity index (χ3n) is 4.83. The van der Waals surface area contributed by atoms with Crippen molar-refractivity contribution in [2.24, 2.45) is 0 Å². The summed E-state index contributed by atoms with van der Waals surface area (Å²) < 4.78 is 2.69. The van der Waals surface area contributed by atoms with Gasteiger partial charge < -0.3 is 0 Å². The van der Waals surface area contributed by atoms with E-state index in [0.717, 1.165) is 22.8 Å². The minimum Gasteiger partial charge on any atom is -0.300 e. The fraction of sp³-hybridized carbons (Fsp3) is 0.300. The molecule has 25 heavy (non-hydrogen) atoms. The SMILES string of the molecule is CCCC1NC(C(=O)c2cc3ccc(Br)cn3n2)Cc2ccccc21. The molecule has 2 aromatic heterocycles. The van der Waals surface area contributed by atoms with E-state index in [4.69, 9.17) is 0 Å². The Bertz CT molecular complexity index is 934. The molecule has 0 fully saturated rings. The minimum atomic E-state index is -0.222. The molecule has 1 aliphatic heterocycles. The highest BCUT2D eigenvalue weighted by Crippen LogP contribution is 2.29. The highest BCUT2D eigenvalue weighted by atomic mass is 79.9. The monoisotopic (exact) mass is 397 g/mol. The molecule has 0 saturated carbocycles. The number of rotatable bonds is 4. The number of hydrogen-bond donors (Lipinski definition) is 1. The van der Waals surface area contributed by atoms with E-state index in [-0.39, 0.29) is 17.9 Å². The van der Waals surface area contributed by atoms with Crippen molar-refractivity contribution in [2.45, 2.75) is 38.3 Å². The fourth-order valence-corrected chi connectivity index (χ4v) is 3.95. The second kappa shape index (κ2) is 6.73. The zero-order chi connectivity index (χ0) is 17.4. The predicted molar refractivity (Wildman–Crippen MR) is 102 cm³/mol. The Balaban J connectivity index is 1.65. The van der Waals surface area contributed by atoms with E-state index in [1.165, 1.54) is 11.1 Å². The molecule has 1 aliphatic rings. The van der Waals surface area contributed by atoms with Gasteiger partial charge in [0.15, 0.2) is 5.78 Å². The predicted octanol–water partition coefficient (Wildman–Crippen LogP) is 4.34. The number of hydrogen-bond acceptors (Lipinski definition) is 3. The van der Waals surface area contributed by atoms with Gasteiger partial charge in [0.05, 0.1) is 11.6 Å². The van der Waals surface area contributed by atoms with Crippen molar-refractivity contribution in [1.82, 2.24) is 14.9 Å². The van der Waals surface area contributed by atoms with Crippen LogP contribution in [0.5, 0.6) is 0 Å². The lowest BCUT2D eigenvalue weighted by Gasteiger charge is -2.32. The highest BCUT2D eigenvalue weighted by molar-refractivity contribution is 9.10. The van der Waals surface area contributed by atoms with Gasteiger partial charge in [0.1, 0.15) is 5.69 Å². The number of halogens is 1. The van der Waals surface area contributed by atoms with Crippen LogP contribution in [0.25, 0.3) is 5.52 Å². The number of nitrogens with zero attached hydrogens (tertiary/aromatic N) is 2. The fourth-order valence-electron chi connectivity index (χ4n) is 3.63. The van der Waals surface area contributed by atoms with Crippen molar-refractivity contribution in [3.8, 4) is 0 Å². The number of carbonyl (C=O) groups excluding carboxylic acids is 1. The topological polar surface area (TPSA) is 46.4 Å². The number of benzene rings is 1. The summed E-state index contributed by atoms with van der Waals surface area (Å²) in [4.78, 5) is 13.1. The standard InChI is InChI=1S/C20H20BrN3O/c1-2-5-17-16-7-4-3-6-13(16)10-18(22-17)20(25)19-11-15-9-8-14(21)12-24(15)23-19/h3-4,6-9,11-12,17-18,22H,2,5,10H2,1H3. The van der Waals surface area contributed by atoms with Crippen molar-refractivity contribution >= 4 is 27.2 Å². The Labute approximate surface area is 155 Å². The minimum absolute atomic E-state index is 0.0652. The van der Waals surface area contributed by atoms with Crippen LogP contribution in [0.1, 0.15) is 47.4 Å². The zero-order valence-electron chi connectivity index (χ0n) is 14.1. The maximum absolute atomic E-state index is 13.1. The highest BCUT2D eigenvalue weighted by Gasteiger charge is 2.31. The first-order valence-electron chi connectivity index (χ1n) is 8.68. The number of aromatic nitrogens is 2. The number of pyridine rings is 1. The summed E-state index contributed by atoms with van der Waals surface area (Å²) in [5, 5.41) is 8.03. The van der Waals surface area contributed by atoms with Crippen LogP contribution >= 0.6 is 15.9 Å². The van der Waals surface area contributed by atoms with Gasteiger partial charge >= 0.3 is 0 Å². The number of carbonyl (C=O) groups is 1. The Morgan fingerprint density at radius 3 is 3.00 bits per heavy atom. The summed E-state index contributed by atoms with van der Waals surface area (Å²) in [6.45, 7) is 2.18. The van der Waals surface area contributed by atoms with E-state index in [1.54, 1.807) is 4.52 Å². The van der Waals surface area contributed by atoms with Gasteiger partial charge in [-0.15, -0.1) is 0 Å². The van der Waals surface area contributed by atoms with Crippen LogP contribution < -0.4 is 5.32 Å². The van der Waals surface area contributed by atoms with E-state index in [9.17, 15) is 4.79 Å². The van der Waals surface area contributed by atoms with Gasteiger partial charge in [-0.05, 0) is 58.1 Å². The van der Waals surface area contributed by atoms with Crippen molar-refractivity contribution < 1.29 is 4.79 Å². The molecule has 4 rings (SSSR count). The summed E-state index contributed by atoms with van der Waals surface area (Å²) in [6.07, 6.45) is 4.69. The molecule has 3 heterocycles. The summed E-state index contributed by atoms with van der Waals surface area (Å²) in [7, 11) is 0. The molecular formula is C20H20BrN3O. The van der Waals surface area contributed by atoms with Gasteiger partial charge in [-0.1, -0.05) is 37.6 Å². The molecule has 0 bridgehead atoms. The second-order valence-electron chi connectivity index (χ2n) is 6.57. The molecule has 1 N–H and O–H groups in total. The third kappa shape index (κ3) is 3.14. The molecule has 0 amide bonds. The lowest BCUT2D eigenvalue weighted by molar-refractivity contribution is 0.0923. The Morgan fingerprint density at radius 2 is 2.16 bits per heavy atom. The Kier molecular flexibility index (Phi) is 4.44. The van der Waals surface area contributed by atoms with Crippen molar-refractivity contribution in [1.29, 1.82) is 0 Å².